The molecule has 11 nitrogen and oxygen atoms in total. The maximum Gasteiger partial charge on any atom is 0.338 e. The van der Waals surface area contributed by atoms with Gasteiger partial charge in [0.2, 0.25) is 0 Å². The molecule has 0 spiro atoms. The lowest BCUT2D eigenvalue weighted by Gasteiger charge is -2.44. The van der Waals surface area contributed by atoms with Crippen molar-refractivity contribution in [2.75, 3.05) is 0 Å². The monoisotopic (exact) mass is 642 g/mol. The van der Waals surface area contributed by atoms with Gasteiger partial charge in [-0.05, 0) is 37.0 Å². The molecular formula is C35H46O11. The van der Waals surface area contributed by atoms with Gasteiger partial charge in [-0.15, -0.1) is 0 Å². The van der Waals surface area contributed by atoms with E-state index in [9.17, 15) is 29.1 Å². The Morgan fingerprint density at radius 2 is 1.35 bits per heavy atom. The fraction of sp³-hybridized carbons (Fsp3) is 0.571. The van der Waals surface area contributed by atoms with Crippen LogP contribution in [0.5, 0.6) is 0 Å². The number of hydrogen-bond donors (Lipinski definition) is 1. The molecule has 0 radical (unpaired) electrons. The van der Waals surface area contributed by atoms with Crippen molar-refractivity contribution in [3.63, 3.8) is 0 Å². The Bertz CT molecular complexity index is 1360. The third-order valence-electron chi connectivity index (χ3n) is 8.63. The molecule has 2 aliphatic carbocycles. The molecule has 252 valence electrons. The van der Waals surface area contributed by atoms with E-state index in [1.54, 1.807) is 76.3 Å². The normalized spacial score (nSPS) is 34.2. The molecule has 2 aliphatic rings. The smallest absolute Gasteiger partial charge is 0.338 e. The fourth-order valence-electron chi connectivity index (χ4n) is 6.70. The molecule has 0 saturated heterocycles. The summed E-state index contributed by atoms with van der Waals surface area (Å²) in [6, 6.07) is 8.28. The molecule has 46 heavy (non-hydrogen) atoms. The third-order valence-corrected chi connectivity index (χ3v) is 8.63. The molecule has 1 aromatic carbocycles. The molecule has 0 bridgehead atoms. The lowest BCUT2D eigenvalue weighted by Crippen LogP contribution is -2.55. The van der Waals surface area contributed by atoms with Gasteiger partial charge in [0, 0.05) is 39.0 Å². The van der Waals surface area contributed by atoms with Crippen LogP contribution >= 0.6 is 0 Å². The summed E-state index contributed by atoms with van der Waals surface area (Å²) in [5.74, 6) is -5.09. The summed E-state index contributed by atoms with van der Waals surface area (Å²) in [6.07, 6.45) is -0.749. The van der Waals surface area contributed by atoms with Gasteiger partial charge >= 0.3 is 29.8 Å². The molecule has 1 aromatic rings. The van der Waals surface area contributed by atoms with Crippen LogP contribution in [0.25, 0.3) is 0 Å². The quantitative estimate of drug-likeness (QED) is 0.265. The Hall–Kier alpha value is -3.99. The van der Waals surface area contributed by atoms with E-state index in [0.717, 1.165) is 0 Å². The lowest BCUT2D eigenvalue weighted by molar-refractivity contribution is -0.196. The highest BCUT2D eigenvalue weighted by molar-refractivity contribution is 5.89. The summed E-state index contributed by atoms with van der Waals surface area (Å²) in [7, 11) is 0. The molecular weight excluding hydrogens is 596 g/mol. The van der Waals surface area contributed by atoms with Gasteiger partial charge < -0.3 is 28.8 Å². The molecule has 11 heteroatoms. The SMILES string of the molecule is CC(=O)O[C@@H]1[C@@H](OC(=O)c2ccccc2)C(C)(C)/C=C/[C@H](C)[C@H](OC(C)=O)[C@@]2(OC(C)=O)C[C@@H](C)[C@H](OC(C)=O)[C@@H]2/C=C(\C)[C@@H]1O. The number of esters is 5. The number of aliphatic hydroxyl groups excluding tert-OH is 1. The van der Waals surface area contributed by atoms with Gasteiger partial charge in [0.15, 0.2) is 17.8 Å². The maximum absolute atomic E-state index is 13.4. The standard InChI is InChI=1S/C35H46O11/c1-19-15-16-34(8,9)32(45-33(41)26-13-11-10-12-14-26)30(43-23(5)37)28(40)20(2)17-27-29(42-22(4)36)21(3)18-35(27,46-25(7)39)31(19)44-24(6)38/h10-17,19,21,27-32,40H,18H2,1-9H3/b16-15+,20-17+/t19-,21+,27-,28-,29-,30-,31-,32+,35+/m0/s1. The van der Waals surface area contributed by atoms with Gasteiger partial charge in [-0.25, -0.2) is 4.79 Å². The highest BCUT2D eigenvalue weighted by atomic mass is 16.6. The zero-order valence-electron chi connectivity index (χ0n) is 28.0. The summed E-state index contributed by atoms with van der Waals surface area (Å²) in [5.41, 5.74) is -2.07. The highest BCUT2D eigenvalue weighted by Crippen LogP contribution is 2.51. The molecule has 9 atom stereocenters. The van der Waals surface area contributed by atoms with Crippen LogP contribution in [0.1, 0.15) is 79.1 Å². The minimum Gasteiger partial charge on any atom is -0.461 e. The van der Waals surface area contributed by atoms with Gasteiger partial charge in [0.25, 0.3) is 0 Å². The number of aliphatic hydroxyl groups is 1. The first-order chi connectivity index (χ1) is 21.4. The first kappa shape index (κ1) is 36.5. The van der Waals surface area contributed by atoms with Crippen molar-refractivity contribution in [2.24, 2.45) is 23.2 Å². The number of benzene rings is 1. The summed E-state index contributed by atoms with van der Waals surface area (Å²) >= 11 is 0. The Morgan fingerprint density at radius 3 is 1.89 bits per heavy atom. The number of fused-ring (bicyclic) bond motifs is 1. The summed E-state index contributed by atoms with van der Waals surface area (Å²) < 4.78 is 29.5. The molecule has 1 N–H and O–H groups in total. The van der Waals surface area contributed by atoms with Crippen molar-refractivity contribution in [1.29, 1.82) is 0 Å². The van der Waals surface area contributed by atoms with Gasteiger partial charge in [-0.3, -0.25) is 19.2 Å². The minimum absolute atomic E-state index is 0.166. The maximum atomic E-state index is 13.4. The molecule has 3 rings (SSSR count). The van der Waals surface area contributed by atoms with E-state index in [1.165, 1.54) is 27.7 Å². The van der Waals surface area contributed by atoms with E-state index in [4.69, 9.17) is 23.7 Å². The van der Waals surface area contributed by atoms with Crippen LogP contribution in [0, 0.1) is 23.2 Å². The zero-order chi connectivity index (χ0) is 34.6. The molecule has 0 aliphatic heterocycles. The molecule has 1 saturated carbocycles. The van der Waals surface area contributed by atoms with Crippen LogP contribution in [0.2, 0.25) is 0 Å². The third kappa shape index (κ3) is 8.23. The lowest BCUT2D eigenvalue weighted by atomic mass is 9.74. The Morgan fingerprint density at radius 1 is 0.783 bits per heavy atom. The molecule has 0 heterocycles. The summed E-state index contributed by atoms with van der Waals surface area (Å²) in [4.78, 5) is 63.4. The summed E-state index contributed by atoms with van der Waals surface area (Å²) in [6.45, 7) is 13.7. The summed E-state index contributed by atoms with van der Waals surface area (Å²) in [5, 5.41) is 11.9. The van der Waals surface area contributed by atoms with E-state index in [2.05, 4.69) is 0 Å². The van der Waals surface area contributed by atoms with Crippen LogP contribution in [-0.2, 0) is 42.9 Å². The van der Waals surface area contributed by atoms with Gasteiger partial charge in [0.05, 0.1) is 11.5 Å². The Balaban J connectivity index is 2.33. The van der Waals surface area contributed by atoms with Crippen LogP contribution in [-0.4, -0.2) is 71.1 Å². The van der Waals surface area contributed by atoms with E-state index < -0.39 is 83.2 Å². The van der Waals surface area contributed by atoms with Crippen molar-refractivity contribution in [1.82, 2.24) is 0 Å². The van der Waals surface area contributed by atoms with Gasteiger partial charge in [0.1, 0.15) is 18.3 Å². The van der Waals surface area contributed by atoms with Crippen molar-refractivity contribution >= 4 is 29.8 Å². The number of hydrogen-bond acceptors (Lipinski definition) is 11. The van der Waals surface area contributed by atoms with Crippen molar-refractivity contribution in [2.45, 2.75) is 105 Å². The van der Waals surface area contributed by atoms with Crippen LogP contribution in [0.4, 0.5) is 0 Å². The average Bonchev–Trinajstić information content (AvgIpc) is 3.20. The number of rotatable bonds is 6. The molecule has 0 aromatic heterocycles. The van der Waals surface area contributed by atoms with Crippen molar-refractivity contribution < 1.29 is 52.8 Å². The minimum atomic E-state index is -1.53. The van der Waals surface area contributed by atoms with Crippen molar-refractivity contribution in [3.8, 4) is 0 Å². The predicted molar refractivity (Wildman–Crippen MR) is 166 cm³/mol. The zero-order valence-corrected chi connectivity index (χ0v) is 28.0. The van der Waals surface area contributed by atoms with Crippen LogP contribution < -0.4 is 0 Å². The second-order valence-corrected chi connectivity index (χ2v) is 13.0. The van der Waals surface area contributed by atoms with E-state index in [0.29, 0.717) is 0 Å². The Labute approximate surface area is 270 Å². The van der Waals surface area contributed by atoms with E-state index in [-0.39, 0.29) is 23.5 Å². The highest BCUT2D eigenvalue weighted by Gasteiger charge is 2.62. The van der Waals surface area contributed by atoms with Gasteiger partial charge in [-0.1, -0.05) is 64.1 Å². The second-order valence-electron chi connectivity index (χ2n) is 13.0. The number of carbonyl (C=O) groups excluding carboxylic acids is 5. The fourth-order valence-corrected chi connectivity index (χ4v) is 6.70. The molecule has 0 amide bonds. The Kier molecular flexibility index (Phi) is 11.6. The largest absolute Gasteiger partial charge is 0.461 e. The number of ether oxygens (including phenoxy) is 5. The first-order valence-corrected chi connectivity index (χ1v) is 15.4. The topological polar surface area (TPSA) is 152 Å². The van der Waals surface area contributed by atoms with E-state index in [1.807, 2.05) is 6.92 Å². The number of carbonyl (C=O) groups is 5. The first-order valence-electron chi connectivity index (χ1n) is 15.4. The molecule has 1 fully saturated rings. The molecule has 0 unspecified atom stereocenters. The average molecular weight is 643 g/mol. The van der Waals surface area contributed by atoms with Crippen LogP contribution in [0.3, 0.4) is 0 Å². The van der Waals surface area contributed by atoms with E-state index >= 15 is 0 Å². The second kappa shape index (κ2) is 14.6. The van der Waals surface area contributed by atoms with Gasteiger partial charge in [-0.2, -0.15) is 0 Å². The van der Waals surface area contributed by atoms with Crippen molar-refractivity contribution in [3.05, 3.63) is 59.7 Å². The predicted octanol–water partition coefficient (Wildman–Crippen LogP) is 4.50. The van der Waals surface area contributed by atoms with Crippen LogP contribution in [0.15, 0.2) is 54.1 Å².